The van der Waals surface area contributed by atoms with E-state index in [1.54, 1.807) is 63.8 Å². The maximum Gasteiger partial charge on any atom is 0.435 e. The fourth-order valence-corrected chi connectivity index (χ4v) is 4.63. The van der Waals surface area contributed by atoms with Gasteiger partial charge in [-0.1, -0.05) is 24.3 Å². The van der Waals surface area contributed by atoms with E-state index in [1.165, 1.54) is 24.0 Å². The van der Waals surface area contributed by atoms with Gasteiger partial charge in [0.25, 0.3) is 0 Å². The Kier molecular flexibility index (Phi) is 8.90. The minimum Gasteiger partial charge on any atom is -0.377 e. The van der Waals surface area contributed by atoms with E-state index >= 15 is 0 Å². The third-order valence-electron chi connectivity index (χ3n) is 6.96. The van der Waals surface area contributed by atoms with E-state index in [4.69, 9.17) is 0 Å². The van der Waals surface area contributed by atoms with Crippen molar-refractivity contribution in [3.05, 3.63) is 107 Å². The van der Waals surface area contributed by atoms with Gasteiger partial charge in [0.05, 0.1) is 29.1 Å². The van der Waals surface area contributed by atoms with E-state index in [9.17, 15) is 23.2 Å². The maximum absolute atomic E-state index is 13.8. The van der Waals surface area contributed by atoms with Gasteiger partial charge in [0.1, 0.15) is 11.9 Å². The van der Waals surface area contributed by atoms with Crippen molar-refractivity contribution in [3.63, 3.8) is 0 Å². The number of allylic oxidation sites excluding steroid dienone is 3. The highest BCUT2D eigenvalue weighted by atomic mass is 19.4. The molecule has 0 aromatic carbocycles. The summed E-state index contributed by atoms with van der Waals surface area (Å²) in [5, 5.41) is 12.9. The molecule has 0 saturated heterocycles. The molecule has 0 radical (unpaired) electrons. The lowest BCUT2D eigenvalue weighted by molar-refractivity contribution is -0.140. The molecule has 0 bridgehead atoms. The maximum atomic E-state index is 13.8. The first-order valence-electron chi connectivity index (χ1n) is 13.3. The lowest BCUT2D eigenvalue weighted by Crippen LogP contribution is -2.30. The van der Waals surface area contributed by atoms with E-state index in [1.807, 2.05) is 6.92 Å². The van der Waals surface area contributed by atoms with E-state index in [2.05, 4.69) is 37.9 Å². The van der Waals surface area contributed by atoms with Crippen LogP contribution in [0.4, 0.5) is 18.9 Å². The smallest absolute Gasteiger partial charge is 0.377 e. The molecule has 0 unspecified atom stereocenters. The lowest BCUT2D eigenvalue weighted by Gasteiger charge is -2.29. The van der Waals surface area contributed by atoms with Crippen LogP contribution in [-0.2, 0) is 11.0 Å². The monoisotopic (exact) mass is 585 g/mol. The summed E-state index contributed by atoms with van der Waals surface area (Å²) in [6.45, 7) is 10.6. The van der Waals surface area contributed by atoms with Crippen LogP contribution in [0.3, 0.4) is 0 Å². The molecule has 3 aromatic rings. The molecular weight excluding hydrogens is 555 g/mol. The Morgan fingerprint density at radius 1 is 1.16 bits per heavy atom. The molecule has 4 heterocycles. The van der Waals surface area contributed by atoms with Crippen LogP contribution < -0.4 is 5.32 Å². The molecule has 1 atom stereocenters. The van der Waals surface area contributed by atoms with Crippen LogP contribution in [0.15, 0.2) is 78.3 Å². The molecule has 8 nitrogen and oxygen atoms in total. The Morgan fingerprint density at radius 2 is 1.84 bits per heavy atom. The quantitative estimate of drug-likeness (QED) is 0.312. The van der Waals surface area contributed by atoms with Crippen molar-refractivity contribution in [1.29, 1.82) is 5.26 Å². The molecule has 220 valence electrons. The van der Waals surface area contributed by atoms with Crippen LogP contribution in [0, 0.1) is 25.2 Å². The number of carbonyl (C=O) groups is 1. The van der Waals surface area contributed by atoms with Crippen LogP contribution in [0.2, 0.25) is 0 Å². The molecule has 1 aliphatic rings. The van der Waals surface area contributed by atoms with E-state index in [0.717, 1.165) is 5.57 Å². The minimum atomic E-state index is -4.66. The molecule has 1 aliphatic heterocycles. The van der Waals surface area contributed by atoms with Gasteiger partial charge < -0.3 is 10.2 Å². The van der Waals surface area contributed by atoms with E-state index < -0.39 is 17.9 Å². The summed E-state index contributed by atoms with van der Waals surface area (Å²) in [4.78, 5) is 31.3. The molecule has 0 saturated carbocycles. The number of aryl methyl sites for hydroxylation is 2. The number of aromatic nitrogens is 4. The van der Waals surface area contributed by atoms with Gasteiger partial charge in [0.2, 0.25) is 5.91 Å². The molecule has 0 aliphatic carbocycles. The Bertz CT molecular complexity index is 1710. The van der Waals surface area contributed by atoms with E-state index in [-0.39, 0.29) is 29.3 Å². The molecule has 11 heteroatoms. The molecule has 4 rings (SSSR count). The number of pyridine rings is 2. The number of amides is 1. The number of nitrogens with one attached hydrogen (secondary N) is 1. The van der Waals surface area contributed by atoms with Crippen LogP contribution in [0.1, 0.15) is 48.6 Å². The average molecular weight is 586 g/mol. The van der Waals surface area contributed by atoms with Gasteiger partial charge in [-0.25, -0.2) is 15.0 Å². The second kappa shape index (κ2) is 12.4. The van der Waals surface area contributed by atoms with E-state index in [0.29, 0.717) is 39.5 Å². The van der Waals surface area contributed by atoms with Gasteiger partial charge in [-0.2, -0.15) is 18.4 Å². The van der Waals surface area contributed by atoms with Crippen molar-refractivity contribution >= 4 is 17.3 Å². The SMILES string of the molecule is C=C/C(C)=C\C(=C1\C=C(c2cnc(-c3cnc(C)nc3)c(C#N)c2)N(C)C(=O)C1)[C@@H](C)Nc1ccc(C)nc1C(F)(F)F. The fraction of sp³-hybridized carbons (Fsp3) is 0.250. The van der Waals surface area contributed by atoms with Crippen molar-refractivity contribution in [2.75, 3.05) is 12.4 Å². The van der Waals surface area contributed by atoms with Crippen LogP contribution in [-0.4, -0.2) is 43.8 Å². The highest BCUT2D eigenvalue weighted by Gasteiger charge is 2.36. The molecule has 3 aromatic heterocycles. The van der Waals surface area contributed by atoms with Gasteiger partial charge in [-0.15, -0.1) is 0 Å². The van der Waals surface area contributed by atoms with Crippen molar-refractivity contribution in [2.24, 2.45) is 0 Å². The van der Waals surface area contributed by atoms with Gasteiger partial charge in [0.15, 0.2) is 5.69 Å². The van der Waals surface area contributed by atoms with Gasteiger partial charge >= 0.3 is 6.18 Å². The highest BCUT2D eigenvalue weighted by Crippen LogP contribution is 2.36. The summed E-state index contributed by atoms with van der Waals surface area (Å²) in [5.74, 6) is 0.351. The lowest BCUT2D eigenvalue weighted by atomic mass is 9.92. The van der Waals surface area contributed by atoms with Crippen molar-refractivity contribution in [2.45, 2.75) is 46.3 Å². The number of anilines is 1. The second-order valence-corrected chi connectivity index (χ2v) is 10.2. The Morgan fingerprint density at radius 3 is 2.47 bits per heavy atom. The zero-order valence-electron chi connectivity index (χ0n) is 24.4. The summed E-state index contributed by atoms with van der Waals surface area (Å²) in [6.07, 6.45) is 5.31. The standard InChI is InChI=1S/C32H30F3N7O/c1-7-18(2)10-26(20(4)41-27-9-8-19(3)40-31(27)32(33,34)35)22-12-28(42(6)29(43)13-22)24-11-23(14-36)30(39-15-24)25-16-37-21(5)38-17-25/h7-12,15-17,20,41H,1,13H2,2-6H3/b18-10-,26-22+/t20-/m1/s1. The summed E-state index contributed by atoms with van der Waals surface area (Å²) < 4.78 is 41.4. The normalized spacial score (nSPS) is 15.9. The van der Waals surface area contributed by atoms with Gasteiger partial charge in [0, 0.05) is 48.5 Å². The number of halogens is 3. The minimum absolute atomic E-state index is 0.0118. The predicted molar refractivity (Wildman–Crippen MR) is 158 cm³/mol. The Balaban J connectivity index is 1.83. The number of hydrogen-bond donors (Lipinski definition) is 1. The van der Waals surface area contributed by atoms with Crippen molar-refractivity contribution < 1.29 is 18.0 Å². The van der Waals surface area contributed by atoms with Crippen molar-refractivity contribution in [3.8, 4) is 17.3 Å². The second-order valence-electron chi connectivity index (χ2n) is 10.2. The number of nitriles is 1. The van der Waals surface area contributed by atoms with Crippen LogP contribution in [0.5, 0.6) is 0 Å². The largest absolute Gasteiger partial charge is 0.435 e. The number of nitrogens with zero attached hydrogens (tertiary/aromatic N) is 6. The summed E-state index contributed by atoms with van der Waals surface area (Å²) in [5.41, 5.74) is 3.28. The first-order chi connectivity index (χ1) is 20.3. The van der Waals surface area contributed by atoms with Crippen LogP contribution >= 0.6 is 0 Å². The Hall–Kier alpha value is -5.11. The summed E-state index contributed by atoms with van der Waals surface area (Å²) in [6, 6.07) is 6.00. The third-order valence-corrected chi connectivity index (χ3v) is 6.96. The summed E-state index contributed by atoms with van der Waals surface area (Å²) in [7, 11) is 1.62. The van der Waals surface area contributed by atoms with Gasteiger partial charge in [-0.3, -0.25) is 9.78 Å². The topological polar surface area (TPSA) is 108 Å². The molecule has 0 fully saturated rings. The molecule has 1 amide bonds. The Labute approximate surface area is 248 Å². The average Bonchev–Trinajstić information content (AvgIpc) is 2.97. The number of rotatable bonds is 7. The number of alkyl halides is 3. The predicted octanol–water partition coefficient (Wildman–Crippen LogP) is 6.57. The van der Waals surface area contributed by atoms with Crippen molar-refractivity contribution in [1.82, 2.24) is 24.8 Å². The molecular formula is C32H30F3N7O. The number of carbonyl (C=O) groups excluding carboxylic acids is 1. The van der Waals surface area contributed by atoms with Gasteiger partial charge in [-0.05, 0) is 63.1 Å². The molecule has 1 N–H and O–H groups in total. The summed E-state index contributed by atoms with van der Waals surface area (Å²) >= 11 is 0. The van der Waals surface area contributed by atoms with Crippen LogP contribution in [0.25, 0.3) is 17.0 Å². The fourth-order valence-electron chi connectivity index (χ4n) is 4.63. The third kappa shape index (κ3) is 6.86. The molecule has 43 heavy (non-hydrogen) atoms. The zero-order chi connectivity index (χ0) is 31.5. The zero-order valence-corrected chi connectivity index (χ0v) is 24.4. The number of hydrogen-bond acceptors (Lipinski definition) is 7. The highest BCUT2D eigenvalue weighted by molar-refractivity contribution is 5.93. The molecule has 0 spiro atoms. The first-order valence-corrected chi connectivity index (χ1v) is 13.3. The first kappa shape index (κ1) is 30.8.